The van der Waals surface area contributed by atoms with Crippen LogP contribution in [-0.4, -0.2) is 5.11 Å². The predicted molar refractivity (Wildman–Crippen MR) is 88.6 cm³/mol. The molecule has 1 N–H and O–H groups in total. The summed E-state index contributed by atoms with van der Waals surface area (Å²) in [5.74, 6) is 0.419. The lowest BCUT2D eigenvalue weighted by molar-refractivity contribution is 0.431. The molecule has 114 valence electrons. The van der Waals surface area contributed by atoms with Gasteiger partial charge in [-0.25, -0.2) is 0 Å². The number of hydrogen-bond donors (Lipinski definition) is 1. The molecule has 20 heavy (non-hydrogen) atoms. The van der Waals surface area contributed by atoms with E-state index in [0.29, 0.717) is 5.75 Å². The van der Waals surface area contributed by atoms with Crippen LogP contribution in [0.25, 0.3) is 0 Å². The molecule has 1 aromatic rings. The molecule has 0 aliphatic carbocycles. The number of unbranched alkanes of at least 4 members (excludes halogenated alkanes) is 3. The molecule has 0 aliphatic heterocycles. The summed E-state index contributed by atoms with van der Waals surface area (Å²) in [6.07, 6.45) is 6.44. The van der Waals surface area contributed by atoms with Crippen molar-refractivity contribution >= 4 is 0 Å². The van der Waals surface area contributed by atoms with Crippen LogP contribution in [0.15, 0.2) is 18.2 Å². The molecule has 0 saturated carbocycles. The topological polar surface area (TPSA) is 20.2 Å². The highest BCUT2D eigenvalue weighted by molar-refractivity contribution is 5.42. The third-order valence-electron chi connectivity index (χ3n) is 4.24. The average molecular weight is 276 g/mol. The van der Waals surface area contributed by atoms with Gasteiger partial charge in [-0.05, 0) is 34.4 Å². The Bertz CT molecular complexity index is 424. The van der Waals surface area contributed by atoms with E-state index in [1.165, 1.54) is 37.7 Å². The van der Waals surface area contributed by atoms with Crippen LogP contribution in [0.1, 0.15) is 84.8 Å². The predicted octanol–water partition coefficient (Wildman–Crippen LogP) is 5.94. The standard InChI is InChI=1S/C19H32O/c1-7-8-9-10-13-19(5,6)15-11-12-17(20)16(14-15)18(2,3)4/h11-12,14,20H,7-10,13H2,1-6H3. The number of phenols is 1. The van der Waals surface area contributed by atoms with E-state index in [1.807, 2.05) is 6.07 Å². The monoisotopic (exact) mass is 276 g/mol. The van der Waals surface area contributed by atoms with Crippen molar-refractivity contribution < 1.29 is 5.11 Å². The number of aromatic hydroxyl groups is 1. The molecule has 1 rings (SSSR count). The van der Waals surface area contributed by atoms with E-state index in [4.69, 9.17) is 0 Å². The van der Waals surface area contributed by atoms with Crippen molar-refractivity contribution in [3.8, 4) is 5.75 Å². The highest BCUT2D eigenvalue weighted by Crippen LogP contribution is 2.36. The van der Waals surface area contributed by atoms with Gasteiger partial charge in [-0.1, -0.05) is 79.4 Å². The van der Waals surface area contributed by atoms with Crippen molar-refractivity contribution in [2.24, 2.45) is 0 Å². The van der Waals surface area contributed by atoms with E-state index in [0.717, 1.165) is 5.56 Å². The van der Waals surface area contributed by atoms with Gasteiger partial charge in [0.25, 0.3) is 0 Å². The van der Waals surface area contributed by atoms with E-state index in [2.05, 4.69) is 53.7 Å². The minimum absolute atomic E-state index is 0.0155. The smallest absolute Gasteiger partial charge is 0.119 e. The summed E-state index contributed by atoms with van der Waals surface area (Å²) in [5.41, 5.74) is 2.56. The zero-order chi connectivity index (χ0) is 15.4. The molecule has 0 spiro atoms. The summed E-state index contributed by atoms with van der Waals surface area (Å²) in [7, 11) is 0. The minimum atomic E-state index is -0.0155. The lowest BCUT2D eigenvalue weighted by atomic mass is 9.76. The molecule has 0 amide bonds. The van der Waals surface area contributed by atoms with Crippen LogP contribution in [0, 0.1) is 0 Å². The lowest BCUT2D eigenvalue weighted by Crippen LogP contribution is -2.19. The Morgan fingerprint density at radius 1 is 0.950 bits per heavy atom. The first-order valence-corrected chi connectivity index (χ1v) is 8.02. The minimum Gasteiger partial charge on any atom is -0.508 e. The van der Waals surface area contributed by atoms with Gasteiger partial charge in [-0.3, -0.25) is 0 Å². The van der Waals surface area contributed by atoms with Crippen molar-refractivity contribution in [1.29, 1.82) is 0 Å². The Morgan fingerprint density at radius 3 is 2.15 bits per heavy atom. The summed E-state index contributed by atoms with van der Waals surface area (Å²) in [4.78, 5) is 0. The molecule has 0 atom stereocenters. The van der Waals surface area contributed by atoms with Crippen LogP contribution in [0.3, 0.4) is 0 Å². The maximum Gasteiger partial charge on any atom is 0.119 e. The Kier molecular flexibility index (Phi) is 5.68. The van der Waals surface area contributed by atoms with Crippen molar-refractivity contribution in [2.75, 3.05) is 0 Å². The van der Waals surface area contributed by atoms with Gasteiger partial charge < -0.3 is 5.11 Å². The number of rotatable bonds is 6. The zero-order valence-corrected chi connectivity index (χ0v) is 14.2. The molecule has 0 saturated heterocycles. The van der Waals surface area contributed by atoms with Gasteiger partial charge in [0.1, 0.15) is 5.75 Å². The summed E-state index contributed by atoms with van der Waals surface area (Å²) >= 11 is 0. The average Bonchev–Trinajstić information content (AvgIpc) is 2.33. The first-order chi connectivity index (χ1) is 9.18. The van der Waals surface area contributed by atoms with Crippen LogP contribution in [-0.2, 0) is 10.8 Å². The second-order valence-corrected chi connectivity index (χ2v) is 7.68. The summed E-state index contributed by atoms with van der Waals surface area (Å²) < 4.78 is 0. The van der Waals surface area contributed by atoms with Crippen molar-refractivity contribution in [1.82, 2.24) is 0 Å². The maximum absolute atomic E-state index is 10.1. The zero-order valence-electron chi connectivity index (χ0n) is 14.2. The molecule has 1 nitrogen and oxygen atoms in total. The van der Waals surface area contributed by atoms with Gasteiger partial charge >= 0.3 is 0 Å². The summed E-state index contributed by atoms with van der Waals surface area (Å²) in [6.45, 7) is 13.3. The lowest BCUT2D eigenvalue weighted by Gasteiger charge is -2.28. The Hall–Kier alpha value is -0.980. The van der Waals surface area contributed by atoms with Crippen molar-refractivity contribution in [3.05, 3.63) is 29.3 Å². The second-order valence-electron chi connectivity index (χ2n) is 7.68. The molecule has 0 unspecified atom stereocenters. The van der Waals surface area contributed by atoms with Crippen LogP contribution in [0.4, 0.5) is 0 Å². The van der Waals surface area contributed by atoms with Crippen molar-refractivity contribution in [3.63, 3.8) is 0 Å². The first-order valence-electron chi connectivity index (χ1n) is 8.02. The van der Waals surface area contributed by atoms with Crippen molar-refractivity contribution in [2.45, 2.75) is 84.5 Å². The molecule has 0 radical (unpaired) electrons. The van der Waals surface area contributed by atoms with E-state index < -0.39 is 0 Å². The molecular weight excluding hydrogens is 244 g/mol. The summed E-state index contributed by atoms with van der Waals surface area (Å²) in [5, 5.41) is 10.1. The highest BCUT2D eigenvalue weighted by atomic mass is 16.3. The third kappa shape index (κ3) is 4.54. The van der Waals surface area contributed by atoms with Crippen LogP contribution < -0.4 is 0 Å². The third-order valence-corrected chi connectivity index (χ3v) is 4.24. The van der Waals surface area contributed by atoms with E-state index in [9.17, 15) is 5.11 Å². The van der Waals surface area contributed by atoms with Gasteiger partial charge in [-0.15, -0.1) is 0 Å². The molecule has 1 aromatic carbocycles. The number of hydrogen-bond acceptors (Lipinski definition) is 1. The Morgan fingerprint density at radius 2 is 1.60 bits per heavy atom. The number of benzene rings is 1. The first kappa shape index (κ1) is 17.1. The van der Waals surface area contributed by atoms with Gasteiger partial charge in [0, 0.05) is 0 Å². The quantitative estimate of drug-likeness (QED) is 0.638. The molecule has 0 bridgehead atoms. The molecule has 0 heterocycles. The second kappa shape index (κ2) is 6.65. The normalized spacial score (nSPS) is 12.7. The van der Waals surface area contributed by atoms with Gasteiger partial charge in [0.15, 0.2) is 0 Å². The van der Waals surface area contributed by atoms with Crippen LogP contribution in [0.2, 0.25) is 0 Å². The molecule has 0 fully saturated rings. The van der Waals surface area contributed by atoms with E-state index in [1.54, 1.807) is 0 Å². The summed E-state index contributed by atoms with van der Waals surface area (Å²) in [6, 6.07) is 6.16. The fourth-order valence-electron chi connectivity index (χ4n) is 2.70. The van der Waals surface area contributed by atoms with Gasteiger partial charge in [-0.2, -0.15) is 0 Å². The number of phenolic OH excluding ortho intramolecular Hbond substituents is 1. The Balaban J connectivity index is 2.90. The molecular formula is C19H32O. The fraction of sp³-hybridized carbons (Fsp3) is 0.684. The molecule has 0 aromatic heterocycles. The van der Waals surface area contributed by atoms with Crippen LogP contribution >= 0.6 is 0 Å². The van der Waals surface area contributed by atoms with E-state index >= 15 is 0 Å². The highest BCUT2D eigenvalue weighted by Gasteiger charge is 2.24. The van der Waals surface area contributed by atoms with Crippen LogP contribution in [0.5, 0.6) is 5.75 Å². The largest absolute Gasteiger partial charge is 0.508 e. The van der Waals surface area contributed by atoms with Gasteiger partial charge in [0.2, 0.25) is 0 Å². The van der Waals surface area contributed by atoms with E-state index in [-0.39, 0.29) is 10.8 Å². The fourth-order valence-corrected chi connectivity index (χ4v) is 2.70. The Labute approximate surface area is 125 Å². The molecule has 1 heteroatoms. The van der Waals surface area contributed by atoms with Gasteiger partial charge in [0.05, 0.1) is 0 Å². The SMILES string of the molecule is CCCCCCC(C)(C)c1ccc(O)c(C(C)(C)C)c1. The molecule has 0 aliphatic rings. The maximum atomic E-state index is 10.1.